The van der Waals surface area contributed by atoms with Crippen LogP contribution in [0, 0.1) is 22.2 Å². The molecule has 4 atom stereocenters. The van der Waals surface area contributed by atoms with Crippen LogP contribution in [0.1, 0.15) is 216 Å². The predicted octanol–water partition coefficient (Wildman–Crippen LogP) is 13.8. The Morgan fingerprint density at radius 1 is 0.569 bits per heavy atom. The van der Waals surface area contributed by atoms with Crippen LogP contribution >= 0.6 is 0 Å². The molecule has 1 heterocycles. The van der Waals surface area contributed by atoms with Gasteiger partial charge < -0.3 is 35.2 Å². The largest absolute Gasteiger partial charge is 0.507 e. The Hall–Kier alpha value is -5.06. The van der Waals surface area contributed by atoms with Gasteiger partial charge in [-0.1, -0.05) is 186 Å². The summed E-state index contributed by atoms with van der Waals surface area (Å²) in [5, 5.41) is 49.3. The topological polar surface area (TPSA) is 180 Å². The Balaban J connectivity index is 2.36. The molecule has 0 saturated carbocycles. The van der Waals surface area contributed by atoms with Crippen LogP contribution in [-0.2, 0) is 63.2 Å². The number of carboxylic acids is 2. The van der Waals surface area contributed by atoms with Gasteiger partial charge in [-0.2, -0.15) is 0 Å². The highest BCUT2D eigenvalue weighted by molar-refractivity contribution is 6.00. The normalized spacial score (nSPS) is 16.6. The van der Waals surface area contributed by atoms with Gasteiger partial charge in [-0.25, -0.2) is 0 Å². The molecule has 0 bridgehead atoms. The second-order valence-electron chi connectivity index (χ2n) is 26.0. The van der Waals surface area contributed by atoms with Gasteiger partial charge in [0.15, 0.2) is 10.8 Å². The van der Waals surface area contributed by atoms with Crippen molar-refractivity contribution in [3.63, 3.8) is 0 Å². The molecule has 2 aromatic rings. The molecule has 1 aliphatic rings. The van der Waals surface area contributed by atoms with Crippen molar-refractivity contribution in [1.29, 1.82) is 0 Å². The van der Waals surface area contributed by atoms with E-state index in [1.807, 2.05) is 127 Å². The first-order valence-corrected chi connectivity index (χ1v) is 26.3. The van der Waals surface area contributed by atoms with Gasteiger partial charge in [-0.15, -0.1) is 0 Å². The SMILES string of the molecule is CCCCC(Cc1cc(C(C)(C)C)c(O)c(C(C)(C)C)c1)(C(=O)O)C(=O)OCC(C)(CC(CC(C)(C)CC)C1=CC=CC=CN1)OC(=O)C(CCCC)(Cc1cc(C(C)(C)C)c(O)c(C(C)(C)C)c1)C(=O)O. The maximum absolute atomic E-state index is 15.4. The molecular formula is C61H93NO10. The summed E-state index contributed by atoms with van der Waals surface area (Å²) in [6.45, 7) is 35.0. The van der Waals surface area contributed by atoms with Crippen molar-refractivity contribution in [2.45, 2.75) is 223 Å². The summed E-state index contributed by atoms with van der Waals surface area (Å²) in [4.78, 5) is 58.4. The summed E-state index contributed by atoms with van der Waals surface area (Å²) >= 11 is 0. The molecule has 1 aliphatic heterocycles. The highest BCUT2D eigenvalue weighted by Gasteiger charge is 2.53. The molecule has 402 valence electrons. The third-order valence-electron chi connectivity index (χ3n) is 14.7. The Morgan fingerprint density at radius 3 is 1.33 bits per heavy atom. The van der Waals surface area contributed by atoms with Crippen LogP contribution in [0.3, 0.4) is 0 Å². The van der Waals surface area contributed by atoms with E-state index in [4.69, 9.17) is 9.47 Å². The molecule has 0 amide bonds. The van der Waals surface area contributed by atoms with Crippen molar-refractivity contribution in [3.05, 3.63) is 93.8 Å². The molecule has 0 spiro atoms. The van der Waals surface area contributed by atoms with E-state index in [1.54, 1.807) is 31.2 Å². The fraction of sp³-hybridized carbons (Fsp3) is 0.639. The van der Waals surface area contributed by atoms with E-state index in [0.29, 0.717) is 65.5 Å². The van der Waals surface area contributed by atoms with Crippen molar-refractivity contribution in [3.8, 4) is 11.5 Å². The zero-order valence-corrected chi connectivity index (χ0v) is 47.5. The number of rotatable bonds is 23. The third-order valence-corrected chi connectivity index (χ3v) is 14.7. The minimum Gasteiger partial charge on any atom is -0.507 e. The van der Waals surface area contributed by atoms with E-state index in [0.717, 1.165) is 12.1 Å². The number of ether oxygens (including phenoxy) is 2. The van der Waals surface area contributed by atoms with Gasteiger partial charge in [0.05, 0.1) is 0 Å². The summed E-state index contributed by atoms with van der Waals surface area (Å²) in [7, 11) is 0. The minimum absolute atomic E-state index is 0.0492. The van der Waals surface area contributed by atoms with Gasteiger partial charge in [0.2, 0.25) is 0 Å². The van der Waals surface area contributed by atoms with E-state index in [9.17, 15) is 30.0 Å². The number of hydrogen-bond donors (Lipinski definition) is 5. The zero-order valence-electron chi connectivity index (χ0n) is 47.5. The molecule has 0 saturated heterocycles. The maximum atomic E-state index is 15.4. The smallest absolute Gasteiger partial charge is 0.324 e. The zero-order chi connectivity index (χ0) is 55.1. The van der Waals surface area contributed by atoms with Gasteiger partial charge in [-0.3, -0.25) is 19.2 Å². The molecule has 0 radical (unpaired) electrons. The number of phenolic OH excluding ortho intramolecular Hbond substituents is 2. The molecule has 0 aromatic heterocycles. The van der Waals surface area contributed by atoms with Crippen LogP contribution in [-0.4, -0.2) is 56.5 Å². The number of nitrogens with one attached hydrogen (secondary N) is 1. The van der Waals surface area contributed by atoms with Crippen molar-refractivity contribution >= 4 is 23.9 Å². The van der Waals surface area contributed by atoms with Crippen LogP contribution in [0.5, 0.6) is 11.5 Å². The molecule has 3 rings (SSSR count). The number of hydrogen-bond acceptors (Lipinski definition) is 9. The Labute approximate surface area is 433 Å². The number of aliphatic carboxylic acids is 2. The summed E-state index contributed by atoms with van der Waals surface area (Å²) in [6, 6.07) is 7.16. The van der Waals surface area contributed by atoms with Crippen molar-refractivity contribution in [1.82, 2.24) is 5.32 Å². The van der Waals surface area contributed by atoms with Crippen LogP contribution in [0.4, 0.5) is 0 Å². The Kier molecular flexibility index (Phi) is 19.9. The number of carboxylic acid groups (broad SMARTS) is 2. The first-order chi connectivity index (χ1) is 32.9. The lowest BCUT2D eigenvalue weighted by Crippen LogP contribution is -2.50. The Bertz CT molecular complexity index is 2270. The predicted molar refractivity (Wildman–Crippen MR) is 289 cm³/mol. The van der Waals surface area contributed by atoms with Crippen molar-refractivity contribution in [2.24, 2.45) is 22.2 Å². The molecule has 11 nitrogen and oxygen atoms in total. The van der Waals surface area contributed by atoms with Gasteiger partial charge in [0, 0.05) is 17.8 Å². The minimum atomic E-state index is -2.10. The number of carbonyl (C=O) groups excluding carboxylic acids is 2. The molecule has 72 heavy (non-hydrogen) atoms. The molecular weight excluding hydrogens is 907 g/mol. The van der Waals surface area contributed by atoms with Crippen molar-refractivity contribution < 1.29 is 49.1 Å². The van der Waals surface area contributed by atoms with E-state index in [2.05, 4.69) is 26.1 Å². The molecule has 4 unspecified atom stereocenters. The molecule has 0 fully saturated rings. The average molecular weight is 1000 g/mol. The van der Waals surface area contributed by atoms with Crippen LogP contribution in [0.2, 0.25) is 0 Å². The molecule has 5 N–H and O–H groups in total. The lowest BCUT2D eigenvalue weighted by molar-refractivity contribution is -0.193. The maximum Gasteiger partial charge on any atom is 0.324 e. The number of allylic oxidation sites excluding steroid dienone is 5. The van der Waals surface area contributed by atoms with Gasteiger partial charge in [-0.05, 0) is 118 Å². The highest BCUT2D eigenvalue weighted by Crippen LogP contribution is 2.46. The third kappa shape index (κ3) is 15.3. The Morgan fingerprint density at radius 2 is 0.972 bits per heavy atom. The van der Waals surface area contributed by atoms with Crippen molar-refractivity contribution in [2.75, 3.05) is 6.61 Å². The van der Waals surface area contributed by atoms with Crippen LogP contribution < -0.4 is 5.32 Å². The van der Waals surface area contributed by atoms with Gasteiger partial charge >= 0.3 is 23.9 Å². The summed E-state index contributed by atoms with van der Waals surface area (Å²) < 4.78 is 13.0. The summed E-state index contributed by atoms with van der Waals surface area (Å²) in [6.07, 6.45) is 12.3. The molecule has 0 aliphatic carbocycles. The monoisotopic (exact) mass is 1000 g/mol. The number of phenols is 2. The van der Waals surface area contributed by atoms with E-state index < -0.39 is 68.6 Å². The fourth-order valence-corrected chi connectivity index (χ4v) is 9.76. The number of esters is 2. The second-order valence-corrected chi connectivity index (χ2v) is 26.0. The quantitative estimate of drug-likeness (QED) is 0.0528. The number of benzene rings is 2. The molecule has 11 heteroatoms. The van der Waals surface area contributed by atoms with E-state index in [-0.39, 0.29) is 54.9 Å². The second kappa shape index (κ2) is 23.4. The van der Waals surface area contributed by atoms with E-state index >= 15 is 9.59 Å². The van der Waals surface area contributed by atoms with Gasteiger partial charge in [0.1, 0.15) is 23.7 Å². The van der Waals surface area contributed by atoms with Crippen LogP contribution in [0.25, 0.3) is 0 Å². The summed E-state index contributed by atoms with van der Waals surface area (Å²) in [5.74, 6) is -4.80. The average Bonchev–Trinajstić information content (AvgIpc) is 3.54. The molecule has 2 aromatic carbocycles. The van der Waals surface area contributed by atoms with Gasteiger partial charge in [0.25, 0.3) is 0 Å². The summed E-state index contributed by atoms with van der Waals surface area (Å²) in [5.41, 5.74) is -3.75. The van der Waals surface area contributed by atoms with E-state index in [1.165, 1.54) is 0 Å². The standard InChI is InChI=1S/C61H93NO10/c1-19-22-28-60(50(65)66,35-40-31-43(54(4,5)6)48(63)44(32-40)55(7,8)9)52(69)71-39-59(18,38-42(37-58(16,17)21-3)47-27-25-24-26-30-62-47)72-53(70)61(51(67)68,29-23-20-2)36-41-33-45(56(10,11)12)49(64)46(34-41)57(13,14)15/h24-27,30-34,42,62-64H,19-23,28-29,35-39H2,1-18H3,(H,65,66)(H,67,68). The lowest BCUT2D eigenvalue weighted by Gasteiger charge is -2.39. The number of aromatic hydroxyl groups is 2. The number of unbranched alkanes of at least 4 members (excludes halogenated alkanes) is 2. The fourth-order valence-electron chi connectivity index (χ4n) is 9.76. The highest BCUT2D eigenvalue weighted by atomic mass is 16.6. The first-order valence-electron chi connectivity index (χ1n) is 26.3. The first kappa shape index (κ1) is 61.2. The number of carbonyl (C=O) groups is 4. The lowest BCUT2D eigenvalue weighted by atomic mass is 9.73. The van der Waals surface area contributed by atoms with Crippen LogP contribution in [0.15, 0.2) is 60.5 Å².